The molecular formula is C17H21N5O. The van der Waals surface area contributed by atoms with E-state index in [4.69, 9.17) is 4.52 Å². The van der Waals surface area contributed by atoms with Gasteiger partial charge in [-0.25, -0.2) is 4.98 Å². The first-order valence-corrected chi connectivity index (χ1v) is 8.14. The Morgan fingerprint density at radius 3 is 2.91 bits per heavy atom. The highest BCUT2D eigenvalue weighted by molar-refractivity contribution is 5.42. The monoisotopic (exact) mass is 311 g/mol. The Bertz CT molecular complexity index is 817. The van der Waals surface area contributed by atoms with Crippen LogP contribution in [0.5, 0.6) is 0 Å². The fourth-order valence-electron chi connectivity index (χ4n) is 3.06. The summed E-state index contributed by atoms with van der Waals surface area (Å²) in [6.45, 7) is 3.53. The molecule has 0 radical (unpaired) electrons. The van der Waals surface area contributed by atoms with Crippen LogP contribution in [0.15, 0.2) is 28.9 Å². The summed E-state index contributed by atoms with van der Waals surface area (Å²) in [6, 6.07) is 6.07. The largest absolute Gasteiger partial charge is 0.339 e. The predicted octanol–water partition coefficient (Wildman–Crippen LogP) is 2.93. The van der Waals surface area contributed by atoms with Crippen LogP contribution in [0.25, 0.3) is 5.65 Å². The molecule has 0 atom stereocenters. The van der Waals surface area contributed by atoms with Gasteiger partial charge in [0.25, 0.3) is 0 Å². The fraction of sp³-hybridized carbons (Fsp3) is 0.471. The summed E-state index contributed by atoms with van der Waals surface area (Å²) in [6.07, 6.45) is 5.69. The molecule has 1 aliphatic rings. The molecular weight excluding hydrogens is 290 g/mol. The van der Waals surface area contributed by atoms with Crippen molar-refractivity contribution >= 4 is 5.65 Å². The van der Waals surface area contributed by atoms with Gasteiger partial charge in [-0.15, -0.1) is 0 Å². The van der Waals surface area contributed by atoms with E-state index in [-0.39, 0.29) is 0 Å². The highest BCUT2D eigenvalue weighted by Crippen LogP contribution is 2.35. The van der Waals surface area contributed by atoms with Crippen molar-refractivity contribution in [3.8, 4) is 0 Å². The maximum Gasteiger partial charge on any atom is 0.229 e. The number of hydrogen-bond donors (Lipinski definition) is 0. The molecule has 3 heterocycles. The zero-order valence-corrected chi connectivity index (χ0v) is 13.6. The molecule has 0 N–H and O–H groups in total. The third-order valence-electron chi connectivity index (χ3n) is 4.60. The minimum Gasteiger partial charge on any atom is -0.339 e. The predicted molar refractivity (Wildman–Crippen MR) is 86.0 cm³/mol. The zero-order chi connectivity index (χ0) is 15.8. The quantitative estimate of drug-likeness (QED) is 0.725. The van der Waals surface area contributed by atoms with Crippen LogP contribution in [0.3, 0.4) is 0 Å². The lowest BCUT2D eigenvalue weighted by Crippen LogP contribution is -2.19. The topological polar surface area (TPSA) is 59.5 Å². The molecule has 0 spiro atoms. The molecule has 0 unspecified atom stereocenters. The molecule has 1 saturated carbocycles. The lowest BCUT2D eigenvalue weighted by molar-refractivity contribution is 0.280. The summed E-state index contributed by atoms with van der Waals surface area (Å²) in [5, 5.41) is 4.12. The Kier molecular flexibility index (Phi) is 3.61. The van der Waals surface area contributed by atoms with Crippen molar-refractivity contribution < 1.29 is 4.52 Å². The third kappa shape index (κ3) is 2.74. The zero-order valence-electron chi connectivity index (χ0n) is 13.6. The first-order chi connectivity index (χ1) is 11.2. The fourth-order valence-corrected chi connectivity index (χ4v) is 3.06. The molecule has 0 aromatic carbocycles. The van der Waals surface area contributed by atoms with Gasteiger partial charge in [0, 0.05) is 18.7 Å². The van der Waals surface area contributed by atoms with Crippen molar-refractivity contribution in [1.82, 2.24) is 24.4 Å². The second kappa shape index (κ2) is 5.77. The van der Waals surface area contributed by atoms with Crippen LogP contribution in [0.1, 0.15) is 48.3 Å². The van der Waals surface area contributed by atoms with Crippen LogP contribution < -0.4 is 0 Å². The maximum absolute atomic E-state index is 5.39. The first-order valence-electron chi connectivity index (χ1n) is 8.14. The number of aromatic nitrogens is 4. The Balaban J connectivity index is 1.47. The van der Waals surface area contributed by atoms with E-state index in [0.717, 1.165) is 29.6 Å². The van der Waals surface area contributed by atoms with Crippen LogP contribution in [-0.2, 0) is 13.1 Å². The van der Waals surface area contributed by atoms with Gasteiger partial charge in [0.05, 0.1) is 17.9 Å². The van der Waals surface area contributed by atoms with Crippen molar-refractivity contribution in [2.45, 2.75) is 45.2 Å². The number of aryl methyl sites for hydroxylation is 1. The highest BCUT2D eigenvalue weighted by Gasteiger charge is 2.25. The van der Waals surface area contributed by atoms with Crippen LogP contribution in [-0.4, -0.2) is 31.5 Å². The van der Waals surface area contributed by atoms with Gasteiger partial charge >= 0.3 is 0 Å². The van der Waals surface area contributed by atoms with Crippen LogP contribution in [0.4, 0.5) is 0 Å². The van der Waals surface area contributed by atoms with Crippen molar-refractivity contribution in [3.63, 3.8) is 0 Å². The minimum absolute atomic E-state index is 0.488. The van der Waals surface area contributed by atoms with Gasteiger partial charge in [0.15, 0.2) is 5.82 Å². The molecule has 3 aromatic heterocycles. The SMILES string of the molecule is Cc1nc2ccccn2c1CN(C)Cc1noc(C2CCC2)n1. The average molecular weight is 311 g/mol. The molecule has 23 heavy (non-hydrogen) atoms. The smallest absolute Gasteiger partial charge is 0.229 e. The van der Waals surface area contributed by atoms with E-state index < -0.39 is 0 Å². The minimum atomic E-state index is 0.488. The summed E-state index contributed by atoms with van der Waals surface area (Å²) in [5.74, 6) is 2.06. The van der Waals surface area contributed by atoms with Gasteiger partial charge in [-0.2, -0.15) is 4.98 Å². The second-order valence-electron chi connectivity index (χ2n) is 6.42. The van der Waals surface area contributed by atoms with Crippen molar-refractivity contribution in [1.29, 1.82) is 0 Å². The van der Waals surface area contributed by atoms with E-state index in [2.05, 4.69) is 44.6 Å². The van der Waals surface area contributed by atoms with Gasteiger partial charge in [0.2, 0.25) is 5.89 Å². The normalized spacial score (nSPS) is 15.4. The molecule has 0 aliphatic heterocycles. The molecule has 0 saturated heterocycles. The molecule has 120 valence electrons. The molecule has 0 bridgehead atoms. The Morgan fingerprint density at radius 2 is 2.13 bits per heavy atom. The molecule has 6 heteroatoms. The number of nitrogens with zero attached hydrogens (tertiary/aromatic N) is 5. The number of pyridine rings is 1. The summed E-state index contributed by atoms with van der Waals surface area (Å²) in [4.78, 5) is 11.3. The highest BCUT2D eigenvalue weighted by atomic mass is 16.5. The molecule has 1 fully saturated rings. The van der Waals surface area contributed by atoms with E-state index >= 15 is 0 Å². The van der Waals surface area contributed by atoms with Crippen molar-refractivity contribution in [3.05, 3.63) is 47.5 Å². The summed E-state index contributed by atoms with van der Waals surface area (Å²) in [5.41, 5.74) is 3.25. The lowest BCUT2D eigenvalue weighted by Gasteiger charge is -2.20. The first kappa shape index (κ1) is 14.4. The summed E-state index contributed by atoms with van der Waals surface area (Å²) in [7, 11) is 2.07. The molecule has 1 aliphatic carbocycles. The number of imidazole rings is 1. The summed E-state index contributed by atoms with van der Waals surface area (Å²) >= 11 is 0. The number of hydrogen-bond acceptors (Lipinski definition) is 5. The van der Waals surface area contributed by atoms with Crippen LogP contribution in [0, 0.1) is 6.92 Å². The third-order valence-corrected chi connectivity index (χ3v) is 4.60. The van der Waals surface area contributed by atoms with E-state index in [1.807, 2.05) is 18.2 Å². The van der Waals surface area contributed by atoms with E-state index in [0.29, 0.717) is 12.5 Å². The van der Waals surface area contributed by atoms with Gasteiger partial charge < -0.3 is 8.92 Å². The Hall–Kier alpha value is -2.21. The van der Waals surface area contributed by atoms with Gasteiger partial charge in [-0.05, 0) is 38.9 Å². The van der Waals surface area contributed by atoms with Crippen molar-refractivity contribution in [2.75, 3.05) is 7.05 Å². The lowest BCUT2D eigenvalue weighted by atomic mass is 9.85. The van der Waals surface area contributed by atoms with E-state index in [1.54, 1.807) is 0 Å². The second-order valence-corrected chi connectivity index (χ2v) is 6.42. The van der Waals surface area contributed by atoms with Crippen LogP contribution >= 0.6 is 0 Å². The average Bonchev–Trinajstić information content (AvgIpc) is 3.03. The molecule has 6 nitrogen and oxygen atoms in total. The number of rotatable bonds is 5. The maximum atomic E-state index is 5.39. The molecule has 0 amide bonds. The van der Waals surface area contributed by atoms with Gasteiger partial charge in [-0.3, -0.25) is 4.90 Å². The Labute approximate surface area is 135 Å². The van der Waals surface area contributed by atoms with E-state index in [1.165, 1.54) is 25.0 Å². The number of fused-ring (bicyclic) bond motifs is 1. The van der Waals surface area contributed by atoms with Gasteiger partial charge in [-0.1, -0.05) is 17.6 Å². The van der Waals surface area contributed by atoms with E-state index in [9.17, 15) is 0 Å². The van der Waals surface area contributed by atoms with Crippen molar-refractivity contribution in [2.24, 2.45) is 0 Å². The molecule has 3 aromatic rings. The summed E-state index contributed by atoms with van der Waals surface area (Å²) < 4.78 is 7.53. The standard InChI is InChI=1S/C17H21N5O/c1-12-14(22-9-4-3-8-16(22)18-12)10-21(2)11-15-19-17(23-20-15)13-6-5-7-13/h3-4,8-9,13H,5-7,10-11H2,1-2H3. The van der Waals surface area contributed by atoms with Crippen LogP contribution in [0.2, 0.25) is 0 Å². The molecule has 4 rings (SSSR count). The van der Waals surface area contributed by atoms with Gasteiger partial charge in [0.1, 0.15) is 5.65 Å². The Morgan fingerprint density at radius 1 is 1.26 bits per heavy atom.